The van der Waals surface area contributed by atoms with Gasteiger partial charge in [-0.25, -0.2) is 8.42 Å². The number of fused-ring (bicyclic) bond motifs is 1. The smallest absolute Gasteiger partial charge is 0.263 e. The van der Waals surface area contributed by atoms with Crippen molar-refractivity contribution in [2.24, 2.45) is 4.99 Å². The molecular weight excluding hydrogens is 350 g/mol. The number of carbonyl (C=O) groups is 1. The van der Waals surface area contributed by atoms with Crippen LogP contribution in [0.3, 0.4) is 0 Å². The highest BCUT2D eigenvalue weighted by Crippen LogP contribution is 2.22. The van der Waals surface area contributed by atoms with Gasteiger partial charge < -0.3 is 5.32 Å². The number of rotatable bonds is 5. The van der Waals surface area contributed by atoms with E-state index in [0.29, 0.717) is 11.4 Å². The van der Waals surface area contributed by atoms with Crippen molar-refractivity contribution >= 4 is 21.8 Å². The molecule has 3 rings (SSSR count). The number of benzene rings is 2. The highest BCUT2D eigenvalue weighted by molar-refractivity contribution is 7.90. The van der Waals surface area contributed by atoms with E-state index in [2.05, 4.69) is 15.0 Å². The van der Waals surface area contributed by atoms with Crippen molar-refractivity contribution in [3.05, 3.63) is 65.2 Å². The summed E-state index contributed by atoms with van der Waals surface area (Å²) < 4.78 is 26.5. The van der Waals surface area contributed by atoms with Crippen molar-refractivity contribution in [2.75, 3.05) is 6.54 Å². The molecule has 136 valence electrons. The lowest BCUT2D eigenvalue weighted by molar-refractivity contribution is -0.121. The molecule has 0 saturated carbocycles. The van der Waals surface area contributed by atoms with Crippen LogP contribution in [-0.2, 0) is 14.8 Å². The van der Waals surface area contributed by atoms with E-state index in [-0.39, 0.29) is 29.8 Å². The molecular formula is C19H21N3O3S. The summed E-state index contributed by atoms with van der Waals surface area (Å²) in [7, 11) is -3.55. The molecule has 2 N–H and O–H groups in total. The van der Waals surface area contributed by atoms with E-state index in [9.17, 15) is 13.2 Å². The van der Waals surface area contributed by atoms with Crippen molar-refractivity contribution in [3.8, 4) is 0 Å². The molecule has 1 aliphatic heterocycles. The van der Waals surface area contributed by atoms with Crippen LogP contribution in [0.15, 0.2) is 58.4 Å². The van der Waals surface area contributed by atoms with Gasteiger partial charge in [0.1, 0.15) is 5.84 Å². The number of hydrogen-bond acceptors (Lipinski definition) is 4. The molecule has 0 fully saturated rings. The lowest BCUT2D eigenvalue weighted by Crippen LogP contribution is -2.27. The van der Waals surface area contributed by atoms with Gasteiger partial charge in [-0.1, -0.05) is 42.0 Å². The molecule has 0 spiro atoms. The predicted molar refractivity (Wildman–Crippen MR) is 101 cm³/mol. The van der Waals surface area contributed by atoms with Crippen LogP contribution in [0, 0.1) is 6.92 Å². The third-order valence-corrected chi connectivity index (χ3v) is 5.62. The van der Waals surface area contributed by atoms with Gasteiger partial charge in [0.05, 0.1) is 17.5 Å². The summed E-state index contributed by atoms with van der Waals surface area (Å²) in [4.78, 5) is 16.6. The molecule has 1 heterocycles. The quantitative estimate of drug-likeness (QED) is 0.845. The number of sulfonamides is 1. The number of hydrogen-bond donors (Lipinski definition) is 2. The first kappa shape index (κ1) is 18.1. The Labute approximate surface area is 153 Å². The number of amides is 1. The van der Waals surface area contributed by atoms with Crippen molar-refractivity contribution in [3.63, 3.8) is 0 Å². The van der Waals surface area contributed by atoms with E-state index in [0.717, 1.165) is 5.56 Å². The second kappa shape index (κ2) is 7.29. The fourth-order valence-corrected chi connectivity index (χ4v) is 4.02. The van der Waals surface area contributed by atoms with Gasteiger partial charge in [0.25, 0.3) is 10.0 Å². The molecule has 1 aliphatic rings. The van der Waals surface area contributed by atoms with Crippen LogP contribution >= 0.6 is 0 Å². The van der Waals surface area contributed by atoms with E-state index in [1.165, 1.54) is 11.6 Å². The fraction of sp³-hybridized carbons (Fsp3) is 0.263. The average Bonchev–Trinajstić information content (AvgIpc) is 2.86. The van der Waals surface area contributed by atoms with Crippen LogP contribution in [0.1, 0.15) is 36.1 Å². The van der Waals surface area contributed by atoms with Gasteiger partial charge in [-0.2, -0.15) is 0 Å². The Hall–Kier alpha value is -2.67. The van der Waals surface area contributed by atoms with Crippen molar-refractivity contribution in [1.29, 1.82) is 0 Å². The molecule has 6 nitrogen and oxygen atoms in total. The number of nitrogens with one attached hydrogen (secondary N) is 2. The van der Waals surface area contributed by atoms with E-state index in [4.69, 9.17) is 0 Å². The summed E-state index contributed by atoms with van der Waals surface area (Å²) >= 11 is 0. The highest BCUT2D eigenvalue weighted by Gasteiger charge is 2.29. The summed E-state index contributed by atoms with van der Waals surface area (Å²) in [6.07, 6.45) is 0.184. The van der Waals surface area contributed by atoms with E-state index >= 15 is 0 Å². The van der Waals surface area contributed by atoms with Crippen molar-refractivity contribution < 1.29 is 13.2 Å². The maximum Gasteiger partial charge on any atom is 0.263 e. The van der Waals surface area contributed by atoms with Crippen LogP contribution in [0.25, 0.3) is 0 Å². The molecule has 0 saturated heterocycles. The zero-order valence-electron chi connectivity index (χ0n) is 14.7. The molecule has 1 amide bonds. The van der Waals surface area contributed by atoms with Gasteiger partial charge in [-0.15, -0.1) is 0 Å². The van der Waals surface area contributed by atoms with Crippen LogP contribution in [0.5, 0.6) is 0 Å². The van der Waals surface area contributed by atoms with Crippen LogP contribution < -0.4 is 10.0 Å². The predicted octanol–water partition coefficient (Wildman–Crippen LogP) is 2.30. The second-order valence-corrected chi connectivity index (χ2v) is 7.93. The Morgan fingerprint density at radius 3 is 2.58 bits per heavy atom. The summed E-state index contributed by atoms with van der Waals surface area (Å²) in [5.41, 5.74) is 2.75. The lowest BCUT2D eigenvalue weighted by atomic mass is 10.1. The van der Waals surface area contributed by atoms with Gasteiger partial charge in [0, 0.05) is 12.0 Å². The molecule has 26 heavy (non-hydrogen) atoms. The standard InChI is InChI=1S/C19H21N3O3S/c1-13-7-9-15(10-8-13)14(2)21-18(23)11-12-20-19-16-5-3-4-6-17(16)26(24,25)22-19/h3-10,14H,11-12H2,1-2H3,(H,20,22)(H,21,23). The minimum Gasteiger partial charge on any atom is -0.350 e. The Kier molecular flexibility index (Phi) is 5.08. The van der Waals surface area contributed by atoms with Gasteiger partial charge in [-0.05, 0) is 31.5 Å². The first-order chi connectivity index (χ1) is 12.4. The first-order valence-electron chi connectivity index (χ1n) is 8.39. The molecule has 1 unspecified atom stereocenters. The highest BCUT2D eigenvalue weighted by atomic mass is 32.2. The summed E-state index contributed by atoms with van der Waals surface area (Å²) in [5.74, 6) is 0.163. The Bertz CT molecular complexity index is 950. The number of aliphatic imine (C=N–C) groups is 1. The Morgan fingerprint density at radius 2 is 1.85 bits per heavy atom. The minimum absolute atomic E-state index is 0.0959. The van der Waals surface area contributed by atoms with Crippen molar-refractivity contribution in [1.82, 2.24) is 10.0 Å². The third kappa shape index (κ3) is 3.94. The SMILES string of the molecule is Cc1ccc(C(C)NC(=O)CCN=C2NS(=O)(=O)c3ccccc32)cc1. The number of carbonyl (C=O) groups excluding carboxylic acids is 1. The van der Waals surface area contributed by atoms with E-state index in [1.807, 2.05) is 38.1 Å². The number of nitrogens with zero attached hydrogens (tertiary/aromatic N) is 1. The molecule has 0 radical (unpaired) electrons. The number of amidine groups is 1. The summed E-state index contributed by atoms with van der Waals surface area (Å²) in [6, 6.07) is 14.6. The first-order valence-corrected chi connectivity index (χ1v) is 9.88. The zero-order chi connectivity index (χ0) is 18.7. The van der Waals surface area contributed by atoms with Crippen LogP contribution in [0.4, 0.5) is 0 Å². The maximum absolute atomic E-state index is 12.1. The monoisotopic (exact) mass is 371 g/mol. The molecule has 1 atom stereocenters. The van der Waals surface area contributed by atoms with Crippen LogP contribution in [-0.4, -0.2) is 26.7 Å². The molecule has 2 aromatic carbocycles. The lowest BCUT2D eigenvalue weighted by Gasteiger charge is -2.14. The summed E-state index contributed by atoms with van der Waals surface area (Å²) in [6.45, 7) is 4.15. The van der Waals surface area contributed by atoms with Crippen LogP contribution in [0.2, 0.25) is 0 Å². The average molecular weight is 371 g/mol. The van der Waals surface area contributed by atoms with Gasteiger partial charge in [0.2, 0.25) is 5.91 Å². The molecule has 7 heteroatoms. The maximum atomic E-state index is 12.1. The topological polar surface area (TPSA) is 87.6 Å². The molecule has 0 aromatic heterocycles. The Balaban J connectivity index is 1.59. The van der Waals surface area contributed by atoms with E-state index < -0.39 is 10.0 Å². The molecule has 0 bridgehead atoms. The van der Waals surface area contributed by atoms with Gasteiger partial charge in [-0.3, -0.25) is 14.5 Å². The third-order valence-electron chi connectivity index (χ3n) is 4.23. The summed E-state index contributed by atoms with van der Waals surface area (Å²) in [5, 5.41) is 2.93. The van der Waals surface area contributed by atoms with Gasteiger partial charge >= 0.3 is 0 Å². The van der Waals surface area contributed by atoms with Gasteiger partial charge in [0.15, 0.2) is 0 Å². The Morgan fingerprint density at radius 1 is 1.15 bits per heavy atom. The normalized spacial score (nSPS) is 17.4. The molecule has 0 aliphatic carbocycles. The van der Waals surface area contributed by atoms with E-state index in [1.54, 1.807) is 18.2 Å². The number of aryl methyl sites for hydroxylation is 1. The largest absolute Gasteiger partial charge is 0.350 e. The molecule has 2 aromatic rings. The second-order valence-electron chi connectivity index (χ2n) is 6.28. The minimum atomic E-state index is -3.55. The van der Waals surface area contributed by atoms with Crippen molar-refractivity contribution in [2.45, 2.75) is 31.2 Å². The fourth-order valence-electron chi connectivity index (χ4n) is 2.77. The zero-order valence-corrected chi connectivity index (χ0v) is 15.5.